The summed E-state index contributed by atoms with van der Waals surface area (Å²) in [7, 11) is 13.0. The Balaban J connectivity index is 0.000000276. The zero-order valence-electron chi connectivity index (χ0n) is 48.5. The first-order valence-corrected chi connectivity index (χ1v) is 27.5. The van der Waals surface area contributed by atoms with Crippen LogP contribution in [0.3, 0.4) is 0 Å². The highest BCUT2D eigenvalue weighted by molar-refractivity contribution is 5.78. The predicted molar refractivity (Wildman–Crippen MR) is 291 cm³/mol. The Labute approximate surface area is 417 Å². The zero-order chi connectivity index (χ0) is 50.8. The minimum atomic E-state index is 0.241. The number of hydrogen-bond donors (Lipinski definition) is 0. The van der Waals surface area contributed by atoms with Crippen molar-refractivity contribution < 1.29 is 4.79 Å². The van der Waals surface area contributed by atoms with Crippen LogP contribution in [0.4, 0.5) is 0 Å². The van der Waals surface area contributed by atoms with E-state index >= 15 is 0 Å². The van der Waals surface area contributed by atoms with Crippen molar-refractivity contribution in [3.8, 4) is 0 Å². The molecule has 6 saturated heterocycles. The fourth-order valence-electron chi connectivity index (χ4n) is 10.1. The van der Waals surface area contributed by atoms with Gasteiger partial charge in [0.25, 0.3) is 0 Å². The van der Waals surface area contributed by atoms with Crippen LogP contribution >= 0.6 is 0 Å². The lowest BCUT2D eigenvalue weighted by molar-refractivity contribution is -0.135. The topological polar surface area (TPSA) is 56.0 Å². The summed E-state index contributed by atoms with van der Waals surface area (Å²) in [5.74, 6) is 0.241. The molecule has 0 N–H and O–H groups in total. The average Bonchev–Trinajstić information content (AvgIpc) is 4.07. The lowest BCUT2D eigenvalue weighted by Crippen LogP contribution is -2.56. The molecule has 0 radical (unpaired) electrons. The van der Waals surface area contributed by atoms with Gasteiger partial charge in [-0.3, -0.25) is 44.0 Å². The van der Waals surface area contributed by atoms with Gasteiger partial charge >= 0.3 is 0 Å². The van der Waals surface area contributed by atoms with Crippen molar-refractivity contribution in [2.75, 3.05) is 167 Å². The Bertz CT molecular complexity index is 1290. The molecule has 1 saturated carbocycles. The Morgan fingerprint density at radius 2 is 0.851 bits per heavy atom. The van der Waals surface area contributed by atoms with Gasteiger partial charge in [0.15, 0.2) is 0 Å². The molecule has 3 atom stereocenters. The highest BCUT2D eigenvalue weighted by Gasteiger charge is 2.49. The molecule has 0 aromatic carbocycles. The van der Waals surface area contributed by atoms with E-state index in [4.69, 9.17) is 0 Å². The van der Waals surface area contributed by atoms with Gasteiger partial charge in [0.1, 0.15) is 0 Å². The molecule has 3 unspecified atom stereocenters. The van der Waals surface area contributed by atoms with E-state index in [2.05, 4.69) is 193 Å². The molecule has 6 heterocycles. The molecule has 398 valence electrons. The molecule has 1 amide bonds. The van der Waals surface area contributed by atoms with E-state index in [1.807, 2.05) is 7.05 Å². The number of likely N-dealkylation sites (N-methyl/N-ethyl adjacent to an activating group) is 6. The third-order valence-electron chi connectivity index (χ3n) is 16.2. The fourth-order valence-corrected chi connectivity index (χ4v) is 10.1. The number of carbonyl (C=O) groups is 1. The maximum Gasteiger partial charge on any atom is 0.236 e. The van der Waals surface area contributed by atoms with E-state index in [-0.39, 0.29) is 5.91 Å². The van der Waals surface area contributed by atoms with Crippen LogP contribution in [-0.4, -0.2) is 291 Å². The van der Waals surface area contributed by atoms with Gasteiger partial charge in [-0.1, -0.05) is 0 Å². The average molecular weight is 950 g/mol. The maximum absolute atomic E-state index is 11.2. The van der Waals surface area contributed by atoms with E-state index in [1.54, 1.807) is 4.90 Å². The van der Waals surface area contributed by atoms with Crippen molar-refractivity contribution in [2.45, 2.75) is 183 Å². The Morgan fingerprint density at radius 3 is 1.28 bits per heavy atom. The van der Waals surface area contributed by atoms with Crippen molar-refractivity contribution >= 4 is 5.91 Å². The fraction of sp³-hybridized carbons (Fsp3) is 0.981. The van der Waals surface area contributed by atoms with E-state index < -0.39 is 0 Å². The third-order valence-corrected chi connectivity index (χ3v) is 16.2. The van der Waals surface area contributed by atoms with Crippen LogP contribution in [-0.2, 0) is 4.79 Å². The quantitative estimate of drug-likeness (QED) is 0.340. The first-order valence-electron chi connectivity index (χ1n) is 27.5. The van der Waals surface area contributed by atoms with Gasteiger partial charge in [-0.25, -0.2) is 0 Å². The van der Waals surface area contributed by atoms with Crippen LogP contribution in [0.1, 0.15) is 123 Å². The minimum absolute atomic E-state index is 0.241. The molecule has 13 heteroatoms. The third kappa shape index (κ3) is 22.6. The maximum atomic E-state index is 11.2. The van der Waals surface area contributed by atoms with Gasteiger partial charge in [0.05, 0.1) is 6.54 Å². The number of nitrogens with zero attached hydrogens (tertiary/aromatic N) is 12. The molecule has 0 aromatic heterocycles. The number of hydrogen-bond acceptors (Lipinski definition) is 12. The van der Waals surface area contributed by atoms with Crippen molar-refractivity contribution in [3.63, 3.8) is 0 Å². The van der Waals surface area contributed by atoms with Gasteiger partial charge in [0.2, 0.25) is 5.91 Å². The first kappa shape index (κ1) is 62.1. The molecule has 67 heavy (non-hydrogen) atoms. The summed E-state index contributed by atoms with van der Waals surface area (Å²) >= 11 is 0. The molecular weight excluding hydrogens is 833 g/mol. The Morgan fingerprint density at radius 1 is 0.418 bits per heavy atom. The van der Waals surface area contributed by atoms with Gasteiger partial charge in [-0.2, -0.15) is 0 Å². The summed E-state index contributed by atoms with van der Waals surface area (Å²) in [6.07, 6.45) is 4.17. The summed E-state index contributed by atoms with van der Waals surface area (Å²) in [4.78, 5) is 40.3. The Hall–Kier alpha value is -0.970. The molecule has 1 spiro atoms. The summed E-state index contributed by atoms with van der Waals surface area (Å²) in [5.41, 5.74) is 0.600. The summed E-state index contributed by atoms with van der Waals surface area (Å²) in [5, 5.41) is 0. The Kier molecular flexibility index (Phi) is 28.6. The second-order valence-electron chi connectivity index (χ2n) is 23.7. The standard InChI is InChI=1S/C10H20N2.C10H22N2.2C9H20N2.C8H16N2O.C8H18N2/c1-9(2)12-7-6-11(3)10(8-12)4-5-10;1-8(2)12-6-9(3)11(5)10(4)7-12;1-8(2)11-6-5-10(4)7-9(11)3;1-9(2)11-6-4-5-10(3)7-8-11;1-7(2)10-5-4-9(3)8(11)6-10;1-8(2)10-6-4-9(3)5-7-10/h9H,4-8H2,1-3H3;8-10H,6-7H2,1-5H3;8-9H,5-7H2,1-4H3;9H,4-8H2,1-3H3;7H,4-6H2,1-3H3;8H,4-7H2,1-3H3. The van der Waals surface area contributed by atoms with Gasteiger partial charge < -0.3 is 19.6 Å². The van der Waals surface area contributed by atoms with Crippen LogP contribution < -0.4 is 0 Å². The van der Waals surface area contributed by atoms with Crippen molar-refractivity contribution in [1.29, 1.82) is 0 Å². The second-order valence-corrected chi connectivity index (χ2v) is 23.7. The number of rotatable bonds is 6. The zero-order valence-corrected chi connectivity index (χ0v) is 48.5. The van der Waals surface area contributed by atoms with Crippen LogP contribution in [0.15, 0.2) is 0 Å². The summed E-state index contributed by atoms with van der Waals surface area (Å²) < 4.78 is 0. The summed E-state index contributed by atoms with van der Waals surface area (Å²) in [6.45, 7) is 56.4. The van der Waals surface area contributed by atoms with E-state index in [9.17, 15) is 4.79 Å². The molecule has 7 fully saturated rings. The lowest BCUT2D eigenvalue weighted by Gasteiger charge is -2.44. The van der Waals surface area contributed by atoms with E-state index in [0.29, 0.717) is 42.3 Å². The number of carbonyl (C=O) groups excluding carboxylic acids is 1. The monoisotopic (exact) mass is 949 g/mol. The van der Waals surface area contributed by atoms with Gasteiger partial charge in [-0.05, 0) is 171 Å². The largest absolute Gasteiger partial charge is 0.343 e. The minimum Gasteiger partial charge on any atom is -0.343 e. The van der Waals surface area contributed by atoms with E-state index in [0.717, 1.165) is 37.3 Å². The molecule has 1 aliphatic carbocycles. The van der Waals surface area contributed by atoms with Crippen LogP contribution in [0.5, 0.6) is 0 Å². The van der Waals surface area contributed by atoms with Crippen LogP contribution in [0.25, 0.3) is 0 Å². The molecular formula is C54H116N12O. The normalized spacial score (nSPS) is 27.5. The molecule has 7 aliphatic rings. The second kappa shape index (κ2) is 30.8. The van der Waals surface area contributed by atoms with Crippen molar-refractivity contribution in [3.05, 3.63) is 0 Å². The van der Waals surface area contributed by atoms with Crippen LogP contribution in [0.2, 0.25) is 0 Å². The van der Waals surface area contributed by atoms with E-state index in [1.165, 1.54) is 124 Å². The lowest BCUT2D eigenvalue weighted by atomic mass is 10.1. The molecule has 6 aliphatic heterocycles. The number of piperazine rings is 5. The van der Waals surface area contributed by atoms with Gasteiger partial charge in [0, 0.05) is 172 Å². The van der Waals surface area contributed by atoms with Gasteiger partial charge in [-0.15, -0.1) is 0 Å². The predicted octanol–water partition coefficient (Wildman–Crippen LogP) is 5.47. The molecule has 7 rings (SSSR count). The molecule has 13 nitrogen and oxygen atoms in total. The highest BCUT2D eigenvalue weighted by Crippen LogP contribution is 2.43. The first-order chi connectivity index (χ1) is 31.3. The van der Waals surface area contributed by atoms with Crippen molar-refractivity contribution in [1.82, 2.24) is 58.8 Å². The van der Waals surface area contributed by atoms with Crippen LogP contribution in [0, 0.1) is 0 Å². The summed E-state index contributed by atoms with van der Waals surface area (Å²) in [6, 6.07) is 6.22. The SMILES string of the molecule is CC(C)N1CC(C)N(C)C(C)C1.CC(C)N1CCCN(C)CC1.CC(C)N1CCN(C)C(=O)C1.CC(C)N1CCN(C)C2(CC2)C1.CC(C)N1CCN(C)CC1.CC(C)N1CCN(C)CC1C. The number of amides is 1. The molecule has 0 bridgehead atoms. The smallest absolute Gasteiger partial charge is 0.236 e. The van der Waals surface area contributed by atoms with Crippen molar-refractivity contribution in [2.24, 2.45) is 0 Å². The highest BCUT2D eigenvalue weighted by atomic mass is 16.2. The molecule has 0 aromatic rings.